The van der Waals surface area contributed by atoms with Crippen molar-refractivity contribution in [2.45, 2.75) is 50.8 Å². The molecule has 1 saturated carbocycles. The van der Waals surface area contributed by atoms with E-state index >= 15 is 0 Å². The number of fused-ring (bicyclic) bond motifs is 2. The molecule has 2 aliphatic heterocycles. The van der Waals surface area contributed by atoms with Crippen LogP contribution in [-0.4, -0.2) is 46.9 Å². The zero-order valence-corrected chi connectivity index (χ0v) is 14.6. The molecular weight excluding hydrogens is 316 g/mol. The Hall–Kier alpha value is -2.14. The van der Waals surface area contributed by atoms with Crippen molar-refractivity contribution < 1.29 is 14.3 Å². The number of carbonyl (C=O) groups is 2. The van der Waals surface area contributed by atoms with Gasteiger partial charge in [0.2, 0.25) is 11.8 Å². The van der Waals surface area contributed by atoms with E-state index in [0.29, 0.717) is 19.6 Å². The summed E-state index contributed by atoms with van der Waals surface area (Å²) >= 11 is 0. The fourth-order valence-corrected chi connectivity index (χ4v) is 4.43. The number of amides is 2. The second kappa shape index (κ2) is 6.64. The molecule has 25 heavy (non-hydrogen) atoms. The first-order chi connectivity index (χ1) is 12.1. The van der Waals surface area contributed by atoms with Gasteiger partial charge in [0.25, 0.3) is 0 Å². The maximum absolute atomic E-state index is 13.1. The van der Waals surface area contributed by atoms with E-state index in [9.17, 15) is 9.59 Å². The van der Waals surface area contributed by atoms with Gasteiger partial charge in [0.05, 0.1) is 31.2 Å². The number of carbonyl (C=O) groups excluding carboxylic acids is 2. The summed E-state index contributed by atoms with van der Waals surface area (Å²) in [5.41, 5.74) is 2.13. The molecule has 3 aliphatic rings. The quantitative estimate of drug-likeness (QED) is 0.832. The minimum absolute atomic E-state index is 0.0377. The van der Waals surface area contributed by atoms with E-state index in [1.54, 1.807) is 18.0 Å². The van der Waals surface area contributed by atoms with Gasteiger partial charge >= 0.3 is 0 Å². The fourth-order valence-electron chi connectivity index (χ4n) is 4.43. The molecule has 4 rings (SSSR count). The molecule has 1 aromatic carbocycles. The normalized spacial score (nSPS) is 27.8. The highest BCUT2D eigenvalue weighted by atomic mass is 16.5. The molecule has 132 valence electrons. The lowest BCUT2D eigenvalue weighted by Gasteiger charge is -2.39. The van der Waals surface area contributed by atoms with Gasteiger partial charge in [-0.3, -0.25) is 9.59 Å². The molecule has 2 heterocycles. The molecule has 0 aromatic heterocycles. The van der Waals surface area contributed by atoms with Gasteiger partial charge in [-0.15, -0.1) is 0 Å². The molecule has 3 atom stereocenters. The Labute approximate surface area is 148 Å². The SMILES string of the molecule is CC(=O)N1C=Cc2ccccc2[C@@H]1CC(=O)N1CCO[C@@H]2CCC[C@H]21. The molecule has 5 nitrogen and oxygen atoms in total. The topological polar surface area (TPSA) is 49.9 Å². The number of morpholine rings is 1. The van der Waals surface area contributed by atoms with E-state index in [1.807, 2.05) is 35.2 Å². The maximum atomic E-state index is 13.1. The summed E-state index contributed by atoms with van der Waals surface area (Å²) in [7, 11) is 0. The lowest BCUT2D eigenvalue weighted by Crippen LogP contribution is -2.52. The molecule has 2 fully saturated rings. The summed E-state index contributed by atoms with van der Waals surface area (Å²) in [4.78, 5) is 28.9. The third-order valence-electron chi connectivity index (χ3n) is 5.64. The van der Waals surface area contributed by atoms with Crippen molar-refractivity contribution in [3.8, 4) is 0 Å². The van der Waals surface area contributed by atoms with Gasteiger partial charge in [0, 0.05) is 19.7 Å². The van der Waals surface area contributed by atoms with Gasteiger partial charge < -0.3 is 14.5 Å². The third-order valence-corrected chi connectivity index (χ3v) is 5.64. The lowest BCUT2D eigenvalue weighted by atomic mass is 9.93. The molecule has 1 aromatic rings. The first-order valence-electron chi connectivity index (χ1n) is 9.12. The minimum atomic E-state index is -0.228. The molecule has 1 saturated heterocycles. The van der Waals surface area contributed by atoms with Crippen LogP contribution in [0.5, 0.6) is 0 Å². The van der Waals surface area contributed by atoms with Gasteiger partial charge in [-0.05, 0) is 36.5 Å². The van der Waals surface area contributed by atoms with E-state index in [1.165, 1.54) is 0 Å². The summed E-state index contributed by atoms with van der Waals surface area (Å²) in [5.74, 6) is 0.0887. The summed E-state index contributed by atoms with van der Waals surface area (Å²) in [6.07, 6.45) is 7.45. The average molecular weight is 340 g/mol. The van der Waals surface area contributed by atoms with E-state index in [2.05, 4.69) is 0 Å². The van der Waals surface area contributed by atoms with Gasteiger partial charge in [0.1, 0.15) is 0 Å². The molecule has 0 spiro atoms. The smallest absolute Gasteiger partial charge is 0.225 e. The monoisotopic (exact) mass is 340 g/mol. The van der Waals surface area contributed by atoms with Gasteiger partial charge in [-0.2, -0.15) is 0 Å². The number of ether oxygens (including phenoxy) is 1. The van der Waals surface area contributed by atoms with Crippen molar-refractivity contribution >= 4 is 17.9 Å². The minimum Gasteiger partial charge on any atom is -0.374 e. The van der Waals surface area contributed by atoms with Crippen LogP contribution in [-0.2, 0) is 14.3 Å². The maximum Gasteiger partial charge on any atom is 0.225 e. The van der Waals surface area contributed by atoms with Gasteiger partial charge in [-0.1, -0.05) is 24.3 Å². The number of hydrogen-bond donors (Lipinski definition) is 0. The number of benzene rings is 1. The Morgan fingerprint density at radius 2 is 2.08 bits per heavy atom. The van der Waals surface area contributed by atoms with Crippen LogP contribution in [0.4, 0.5) is 0 Å². The summed E-state index contributed by atoms with van der Waals surface area (Å²) in [6.45, 7) is 2.83. The number of nitrogens with zero attached hydrogens (tertiary/aromatic N) is 2. The van der Waals surface area contributed by atoms with Crippen LogP contribution in [0, 0.1) is 0 Å². The van der Waals surface area contributed by atoms with Crippen LogP contribution >= 0.6 is 0 Å². The first kappa shape index (κ1) is 16.3. The molecule has 1 aliphatic carbocycles. The zero-order chi connectivity index (χ0) is 17.4. The first-order valence-corrected chi connectivity index (χ1v) is 9.12. The predicted octanol–water partition coefficient (Wildman–Crippen LogP) is 2.73. The number of rotatable bonds is 2. The van der Waals surface area contributed by atoms with Crippen LogP contribution in [0.25, 0.3) is 6.08 Å². The highest BCUT2D eigenvalue weighted by molar-refractivity contribution is 5.82. The van der Waals surface area contributed by atoms with E-state index < -0.39 is 0 Å². The van der Waals surface area contributed by atoms with E-state index in [-0.39, 0.29) is 30.0 Å². The van der Waals surface area contributed by atoms with Gasteiger partial charge in [-0.25, -0.2) is 0 Å². The second-order valence-electron chi connectivity index (χ2n) is 7.09. The van der Waals surface area contributed by atoms with Crippen LogP contribution < -0.4 is 0 Å². The van der Waals surface area contributed by atoms with Crippen LogP contribution in [0.15, 0.2) is 30.5 Å². The molecule has 5 heteroatoms. The molecule has 0 unspecified atom stereocenters. The lowest BCUT2D eigenvalue weighted by molar-refractivity contribution is -0.145. The van der Waals surface area contributed by atoms with Crippen LogP contribution in [0.3, 0.4) is 0 Å². The van der Waals surface area contributed by atoms with Crippen molar-refractivity contribution in [2.75, 3.05) is 13.2 Å². The number of hydrogen-bond acceptors (Lipinski definition) is 3. The Bertz CT molecular complexity index is 715. The highest BCUT2D eigenvalue weighted by Crippen LogP contribution is 2.35. The average Bonchev–Trinajstić information content (AvgIpc) is 3.10. The molecule has 2 amide bonds. The Kier molecular flexibility index (Phi) is 4.34. The molecule has 0 N–H and O–H groups in total. The molecule has 0 radical (unpaired) electrons. The summed E-state index contributed by atoms with van der Waals surface area (Å²) in [5, 5.41) is 0. The summed E-state index contributed by atoms with van der Waals surface area (Å²) in [6, 6.07) is 7.98. The molecular formula is C20H24N2O3. The Morgan fingerprint density at radius 3 is 2.92 bits per heavy atom. The predicted molar refractivity (Wildman–Crippen MR) is 94.4 cm³/mol. The van der Waals surface area contributed by atoms with Crippen LogP contribution in [0.1, 0.15) is 49.8 Å². The van der Waals surface area contributed by atoms with Crippen molar-refractivity contribution in [1.29, 1.82) is 0 Å². The van der Waals surface area contributed by atoms with E-state index in [0.717, 1.165) is 30.4 Å². The second-order valence-corrected chi connectivity index (χ2v) is 7.09. The third kappa shape index (κ3) is 2.97. The highest BCUT2D eigenvalue weighted by Gasteiger charge is 2.39. The van der Waals surface area contributed by atoms with Crippen molar-refractivity contribution in [2.24, 2.45) is 0 Å². The Morgan fingerprint density at radius 1 is 1.24 bits per heavy atom. The largest absolute Gasteiger partial charge is 0.374 e. The summed E-state index contributed by atoms with van der Waals surface area (Å²) < 4.78 is 5.82. The standard InChI is InChI=1S/C20H24N2O3/c1-14(23)21-10-9-15-5-2-3-6-16(15)18(21)13-20(24)22-11-12-25-19-8-4-7-17(19)22/h2-3,5-6,9-10,17-19H,4,7-8,11-13H2,1H3/t17-,18+,19-/m1/s1. The molecule has 0 bridgehead atoms. The van der Waals surface area contributed by atoms with Crippen molar-refractivity contribution in [3.05, 3.63) is 41.6 Å². The van der Waals surface area contributed by atoms with Gasteiger partial charge in [0.15, 0.2) is 0 Å². The van der Waals surface area contributed by atoms with Crippen molar-refractivity contribution in [1.82, 2.24) is 9.80 Å². The van der Waals surface area contributed by atoms with Crippen molar-refractivity contribution in [3.63, 3.8) is 0 Å². The fraction of sp³-hybridized carbons (Fsp3) is 0.500. The zero-order valence-electron chi connectivity index (χ0n) is 14.6. The van der Waals surface area contributed by atoms with Crippen LogP contribution in [0.2, 0.25) is 0 Å². The Balaban J connectivity index is 1.58. The van der Waals surface area contributed by atoms with E-state index in [4.69, 9.17) is 4.74 Å².